The third-order valence-electron chi connectivity index (χ3n) is 3.96. The molecule has 2 fully saturated rings. The molecule has 0 bridgehead atoms. The van der Waals surface area contributed by atoms with Gasteiger partial charge in [-0.3, -0.25) is 9.32 Å². The van der Waals surface area contributed by atoms with Crippen LogP contribution in [-0.2, 0) is 23.4 Å². The van der Waals surface area contributed by atoms with Crippen LogP contribution in [0.5, 0.6) is 0 Å². The van der Waals surface area contributed by atoms with Gasteiger partial charge in [0.15, 0.2) is 6.10 Å². The molecule has 1 saturated carbocycles. The molecule has 1 heterocycles. The lowest BCUT2D eigenvalue weighted by Gasteiger charge is -2.16. The second kappa shape index (κ2) is 5.20. The largest absolute Gasteiger partial charge is 0.470 e. The van der Waals surface area contributed by atoms with E-state index in [9.17, 15) is 24.4 Å². The molecular formula is C13H13O9P. The highest BCUT2D eigenvalue weighted by Crippen LogP contribution is 2.56. The number of carbonyl (C=O) groups is 2. The number of benzene rings is 1. The number of hydrogen-bond donors (Lipinski definition) is 4. The SMILES string of the molecule is O=C1O[C@H]([C@@]2(O)C(O)C2c2ccccc2)C(=O)C1OP(=O)(O)O. The Morgan fingerprint density at radius 3 is 2.35 bits per heavy atom. The van der Waals surface area contributed by atoms with E-state index in [4.69, 9.17) is 14.5 Å². The Hall–Kier alpha value is -1.61. The van der Waals surface area contributed by atoms with Crippen molar-refractivity contribution in [1.29, 1.82) is 0 Å². The van der Waals surface area contributed by atoms with E-state index in [1.807, 2.05) is 0 Å². The quantitative estimate of drug-likeness (QED) is 0.301. The average Bonchev–Trinajstić information content (AvgIpc) is 2.92. The number of rotatable bonds is 4. The summed E-state index contributed by atoms with van der Waals surface area (Å²) in [5.41, 5.74) is -1.52. The van der Waals surface area contributed by atoms with Gasteiger partial charge < -0.3 is 24.7 Å². The van der Waals surface area contributed by atoms with Crippen molar-refractivity contribution >= 4 is 19.6 Å². The van der Waals surface area contributed by atoms with Crippen molar-refractivity contribution in [2.75, 3.05) is 0 Å². The van der Waals surface area contributed by atoms with E-state index in [0.29, 0.717) is 5.56 Å². The first kappa shape index (κ1) is 16.3. The van der Waals surface area contributed by atoms with Gasteiger partial charge in [0.25, 0.3) is 0 Å². The Balaban J connectivity index is 1.84. The molecule has 9 nitrogen and oxygen atoms in total. The highest BCUT2D eigenvalue weighted by Gasteiger charge is 2.74. The number of phosphoric ester groups is 1. The lowest BCUT2D eigenvalue weighted by atomic mass is 10.0. The van der Waals surface area contributed by atoms with E-state index < -0.39 is 49.4 Å². The zero-order chi connectivity index (χ0) is 17.0. The number of aliphatic hydroxyl groups is 2. The van der Waals surface area contributed by atoms with Gasteiger partial charge >= 0.3 is 13.8 Å². The molecule has 10 heteroatoms. The monoisotopic (exact) mass is 344 g/mol. The second-order valence-corrected chi connectivity index (χ2v) is 6.61. The smallest absolute Gasteiger partial charge is 0.449 e. The first-order chi connectivity index (χ1) is 10.7. The van der Waals surface area contributed by atoms with Crippen LogP contribution in [0.1, 0.15) is 11.5 Å². The number of phosphoric acid groups is 1. The summed E-state index contributed by atoms with van der Waals surface area (Å²) in [5, 5.41) is 20.5. The Morgan fingerprint density at radius 1 is 1.17 bits per heavy atom. The highest BCUT2D eigenvalue weighted by atomic mass is 31.2. The minimum atomic E-state index is -5.10. The maximum Gasteiger partial charge on any atom is 0.470 e. The highest BCUT2D eigenvalue weighted by molar-refractivity contribution is 7.46. The molecule has 1 aliphatic carbocycles. The second-order valence-electron chi connectivity index (χ2n) is 5.42. The molecule has 3 rings (SSSR count). The molecule has 5 atom stereocenters. The summed E-state index contributed by atoms with van der Waals surface area (Å²) in [6, 6.07) is 8.31. The van der Waals surface area contributed by atoms with Crippen molar-refractivity contribution in [3.8, 4) is 0 Å². The van der Waals surface area contributed by atoms with E-state index in [0.717, 1.165) is 0 Å². The Kier molecular flexibility index (Phi) is 3.68. The normalized spacial score (nSPS) is 36.9. The molecule has 0 aromatic heterocycles. The molecule has 124 valence electrons. The number of ketones is 1. The molecule has 1 aliphatic heterocycles. The van der Waals surface area contributed by atoms with Crippen LogP contribution in [0, 0.1) is 0 Å². The van der Waals surface area contributed by atoms with Crippen LogP contribution in [-0.4, -0.2) is 55.7 Å². The summed E-state index contributed by atoms with van der Waals surface area (Å²) in [4.78, 5) is 41.1. The van der Waals surface area contributed by atoms with Gasteiger partial charge in [-0.2, -0.15) is 0 Å². The predicted molar refractivity (Wildman–Crippen MR) is 71.9 cm³/mol. The standard InChI is InChI=1S/C13H13O9P/c14-8-9(22-23(18,19)20)12(16)21-11(8)13(17)7(10(13)15)6-4-2-1-3-5-6/h1-5,7,9-11,15,17H,(H2,18,19,20)/t7?,9?,10?,11-,13-/m0/s1. The Morgan fingerprint density at radius 2 is 1.78 bits per heavy atom. The summed E-state index contributed by atoms with van der Waals surface area (Å²) in [7, 11) is -5.10. The average molecular weight is 344 g/mol. The van der Waals surface area contributed by atoms with Gasteiger partial charge in [0.1, 0.15) is 5.60 Å². The van der Waals surface area contributed by atoms with E-state index in [-0.39, 0.29) is 0 Å². The van der Waals surface area contributed by atoms with Crippen molar-refractivity contribution in [3.05, 3.63) is 35.9 Å². The Bertz CT molecular complexity index is 699. The summed E-state index contributed by atoms with van der Waals surface area (Å²) >= 11 is 0. The molecule has 0 spiro atoms. The van der Waals surface area contributed by atoms with Gasteiger partial charge in [-0.25, -0.2) is 9.36 Å². The minimum Gasteiger partial charge on any atom is -0.449 e. The third kappa shape index (κ3) is 2.61. The van der Waals surface area contributed by atoms with Crippen LogP contribution < -0.4 is 0 Å². The summed E-state index contributed by atoms with van der Waals surface area (Å²) in [6.45, 7) is 0. The fourth-order valence-corrected chi connectivity index (χ4v) is 3.31. The van der Waals surface area contributed by atoms with Crippen molar-refractivity contribution < 1.29 is 43.4 Å². The number of Topliss-reactive ketones (excluding diaryl/α,β-unsaturated/α-hetero) is 1. The first-order valence-corrected chi connectivity index (χ1v) is 8.13. The van der Waals surface area contributed by atoms with Crippen molar-refractivity contribution in [3.63, 3.8) is 0 Å². The van der Waals surface area contributed by atoms with Gasteiger partial charge in [-0.15, -0.1) is 0 Å². The summed E-state index contributed by atoms with van der Waals surface area (Å²) in [6.07, 6.45) is -5.25. The number of ether oxygens (including phenoxy) is 1. The number of esters is 1. The van der Waals surface area contributed by atoms with Crippen molar-refractivity contribution in [1.82, 2.24) is 0 Å². The fraction of sp³-hybridized carbons (Fsp3) is 0.385. The van der Waals surface area contributed by atoms with E-state index in [2.05, 4.69) is 4.52 Å². The van der Waals surface area contributed by atoms with Crippen LogP contribution in [0.4, 0.5) is 0 Å². The molecule has 4 N–H and O–H groups in total. The van der Waals surface area contributed by atoms with Gasteiger partial charge in [-0.1, -0.05) is 30.3 Å². The maximum absolute atomic E-state index is 12.1. The van der Waals surface area contributed by atoms with Gasteiger partial charge in [-0.05, 0) is 5.56 Å². The molecule has 1 aromatic carbocycles. The van der Waals surface area contributed by atoms with Gasteiger partial charge in [0, 0.05) is 5.92 Å². The topological polar surface area (TPSA) is 151 Å². The van der Waals surface area contributed by atoms with Gasteiger partial charge in [0.2, 0.25) is 11.9 Å². The van der Waals surface area contributed by atoms with Gasteiger partial charge in [0.05, 0.1) is 6.10 Å². The van der Waals surface area contributed by atoms with Crippen LogP contribution in [0.3, 0.4) is 0 Å². The first-order valence-electron chi connectivity index (χ1n) is 6.60. The fourth-order valence-electron chi connectivity index (χ4n) is 2.85. The molecule has 1 aromatic rings. The zero-order valence-corrected chi connectivity index (χ0v) is 12.4. The molecule has 0 amide bonds. The van der Waals surface area contributed by atoms with E-state index in [1.54, 1.807) is 30.3 Å². The molecule has 1 saturated heterocycles. The molecule has 2 aliphatic rings. The zero-order valence-electron chi connectivity index (χ0n) is 11.5. The number of carbonyl (C=O) groups excluding carboxylic acids is 2. The van der Waals surface area contributed by atoms with Crippen LogP contribution in [0.15, 0.2) is 30.3 Å². The maximum atomic E-state index is 12.1. The van der Waals surface area contributed by atoms with Crippen LogP contribution >= 0.6 is 7.82 Å². The Labute approximate surface area is 129 Å². The van der Waals surface area contributed by atoms with Crippen LogP contribution in [0.2, 0.25) is 0 Å². The minimum absolute atomic E-state index is 0.533. The van der Waals surface area contributed by atoms with E-state index >= 15 is 0 Å². The lowest BCUT2D eigenvalue weighted by Crippen LogP contribution is -2.40. The van der Waals surface area contributed by atoms with E-state index in [1.165, 1.54) is 0 Å². The third-order valence-corrected chi connectivity index (χ3v) is 4.45. The van der Waals surface area contributed by atoms with Crippen molar-refractivity contribution in [2.45, 2.75) is 29.8 Å². The van der Waals surface area contributed by atoms with Crippen molar-refractivity contribution in [2.24, 2.45) is 0 Å². The molecule has 0 radical (unpaired) electrons. The molecule has 3 unspecified atom stereocenters. The number of aliphatic hydroxyl groups excluding tert-OH is 1. The van der Waals surface area contributed by atoms with Crippen LogP contribution in [0.25, 0.3) is 0 Å². The number of hydrogen-bond acceptors (Lipinski definition) is 7. The lowest BCUT2D eigenvalue weighted by molar-refractivity contribution is -0.153. The number of cyclic esters (lactones) is 1. The molecular weight excluding hydrogens is 331 g/mol. The molecule has 23 heavy (non-hydrogen) atoms. The summed E-state index contributed by atoms with van der Waals surface area (Å²) < 4.78 is 19.6. The predicted octanol–water partition coefficient (Wildman–Crippen LogP) is -1.15. The summed E-state index contributed by atoms with van der Waals surface area (Å²) in [5.74, 6) is -3.32.